The maximum atomic E-state index is 5.26. The molecule has 0 N–H and O–H groups in total. The van der Waals surface area contributed by atoms with Crippen LogP contribution >= 0.6 is 7.66 Å². The van der Waals surface area contributed by atoms with Gasteiger partial charge in [-0.25, -0.2) is 4.74 Å². The molecule has 3 nitrogen and oxygen atoms in total. The summed E-state index contributed by atoms with van der Waals surface area (Å²) >= 11 is 0. The quantitative estimate of drug-likeness (QED) is 0.429. The van der Waals surface area contributed by atoms with Crippen LogP contribution in [0.4, 0.5) is 0 Å². The molecule has 0 bridgehead atoms. The first-order valence-corrected chi connectivity index (χ1v) is 19.0. The Labute approximate surface area is 131 Å². The van der Waals surface area contributed by atoms with E-state index in [1.165, 1.54) is 0 Å². The van der Waals surface area contributed by atoms with E-state index in [2.05, 4.69) is 83.7 Å². The van der Waals surface area contributed by atoms with Crippen LogP contribution in [0.15, 0.2) is 9.16 Å². The summed E-state index contributed by atoms with van der Waals surface area (Å²) in [5.74, 6) is 0. The zero-order valence-electron chi connectivity index (χ0n) is 15.8. The Kier molecular flexibility index (Phi) is 6.49. The van der Waals surface area contributed by atoms with Gasteiger partial charge >= 0.3 is 0 Å². The van der Waals surface area contributed by atoms with E-state index in [1.807, 2.05) is 0 Å². The smallest absolute Gasteiger partial charge is 0.180 e. The van der Waals surface area contributed by atoms with E-state index in [0.29, 0.717) is 0 Å². The van der Waals surface area contributed by atoms with Crippen LogP contribution in [-0.4, -0.2) is 34.2 Å². The molecule has 0 aromatic carbocycles. The van der Waals surface area contributed by atoms with Gasteiger partial charge in [-0.3, -0.25) is 8.41 Å². The average molecular weight is 350 g/mol. The van der Waals surface area contributed by atoms with Gasteiger partial charge in [0.15, 0.2) is 8.24 Å². The molecule has 0 aliphatic carbocycles. The molecule has 0 aromatic heterocycles. The van der Waals surface area contributed by atoms with E-state index in [-0.39, 0.29) is 5.54 Å². The first-order chi connectivity index (χ1) is 8.43. The molecular weight excluding hydrogens is 313 g/mol. The van der Waals surface area contributed by atoms with Gasteiger partial charge in [-0.2, -0.15) is 0 Å². The molecule has 0 radical (unpaired) electrons. The molecule has 1 atom stereocenters. The lowest BCUT2D eigenvalue weighted by atomic mass is 10.1. The minimum atomic E-state index is -1.48. The fraction of sp³-hybridized carbons (Fsp3) is 1.00. The molecule has 0 saturated heterocycles. The van der Waals surface area contributed by atoms with Gasteiger partial charge in [-0.15, -0.1) is 0 Å². The summed E-state index contributed by atoms with van der Waals surface area (Å²) in [5, 5.41) is 0. The lowest BCUT2D eigenvalue weighted by Crippen LogP contribution is -2.54. The van der Waals surface area contributed by atoms with E-state index < -0.39 is 32.4 Å². The summed E-state index contributed by atoms with van der Waals surface area (Å²) in [4.78, 5) is 0. The SMILES string of the molecule is CC(C)(C)N=P(=N[Si](C)(C)C)N([Si](C)(C)C)[Si](C)(C)C. The second kappa shape index (κ2) is 6.33. The number of nitrogens with zero attached hydrogens (tertiary/aromatic N) is 3. The summed E-state index contributed by atoms with van der Waals surface area (Å²) in [6.45, 7) is 28.2. The third kappa shape index (κ3) is 8.08. The van der Waals surface area contributed by atoms with Gasteiger partial charge in [0.1, 0.15) is 24.1 Å². The molecule has 7 heteroatoms. The second-order valence-electron chi connectivity index (χ2n) is 9.46. The van der Waals surface area contributed by atoms with Crippen LogP contribution in [0.2, 0.25) is 58.9 Å². The zero-order valence-corrected chi connectivity index (χ0v) is 19.7. The molecule has 0 aliphatic rings. The zero-order chi connectivity index (χ0) is 16.6. The van der Waals surface area contributed by atoms with Gasteiger partial charge in [-0.1, -0.05) is 39.3 Å². The van der Waals surface area contributed by atoms with E-state index in [4.69, 9.17) is 9.16 Å². The van der Waals surface area contributed by atoms with Crippen LogP contribution < -0.4 is 0 Å². The highest BCUT2D eigenvalue weighted by Gasteiger charge is 2.37. The first-order valence-electron chi connectivity index (χ1n) is 7.49. The number of hydrogen-bond donors (Lipinski definition) is 0. The van der Waals surface area contributed by atoms with Crippen molar-refractivity contribution in [1.29, 1.82) is 0 Å². The standard InChI is InChI=1S/C13H36N3PSi3/c1-13(2,3)14-17(15-18(4,5)6)16(19(7,8)9)20(10,11)12/h1-12H3. The van der Waals surface area contributed by atoms with E-state index in [1.54, 1.807) is 0 Å². The molecule has 20 heavy (non-hydrogen) atoms. The fourth-order valence-corrected chi connectivity index (χ4v) is 18.9. The largest absolute Gasteiger partial charge is 0.284 e. The number of rotatable bonds is 4. The summed E-state index contributed by atoms with van der Waals surface area (Å²) in [6, 6.07) is 0. The summed E-state index contributed by atoms with van der Waals surface area (Å²) in [7, 11) is -5.04. The molecule has 0 aliphatic heterocycles. The molecule has 0 rings (SSSR count). The van der Waals surface area contributed by atoms with Crippen molar-refractivity contribution in [3.8, 4) is 0 Å². The van der Waals surface area contributed by atoms with Gasteiger partial charge in [0, 0.05) is 0 Å². The molecule has 0 heterocycles. The molecular formula is C13H36N3PSi3. The summed E-state index contributed by atoms with van der Waals surface area (Å²) < 4.78 is 13.2. The second-order valence-corrected chi connectivity index (χ2v) is 26.5. The van der Waals surface area contributed by atoms with Crippen molar-refractivity contribution in [2.45, 2.75) is 85.2 Å². The van der Waals surface area contributed by atoms with Crippen LogP contribution in [0.5, 0.6) is 0 Å². The molecule has 0 amide bonds. The van der Waals surface area contributed by atoms with Crippen LogP contribution in [0.3, 0.4) is 0 Å². The van der Waals surface area contributed by atoms with Crippen LogP contribution in [0.1, 0.15) is 20.8 Å². The van der Waals surface area contributed by atoms with E-state index in [0.717, 1.165) is 0 Å². The highest BCUT2D eigenvalue weighted by atomic mass is 31.1. The number of hydrogen-bond acceptors (Lipinski definition) is 2. The molecule has 0 aromatic rings. The van der Waals surface area contributed by atoms with Crippen molar-refractivity contribution in [3.63, 3.8) is 0 Å². The molecule has 0 saturated carbocycles. The predicted octanol–water partition coefficient (Wildman–Crippen LogP) is 6.36. The van der Waals surface area contributed by atoms with E-state index >= 15 is 0 Å². The van der Waals surface area contributed by atoms with Crippen molar-refractivity contribution in [1.82, 2.24) is 4.00 Å². The van der Waals surface area contributed by atoms with Gasteiger partial charge in [-0.05, 0) is 40.4 Å². The minimum absolute atomic E-state index is 0.00754. The maximum absolute atomic E-state index is 5.26. The Hall–Kier alpha value is 0.511. The third-order valence-electron chi connectivity index (χ3n) is 2.23. The Bertz CT molecular complexity index is 378. The normalized spacial score (nSPS) is 16.1. The molecule has 120 valence electrons. The van der Waals surface area contributed by atoms with Crippen molar-refractivity contribution >= 4 is 32.4 Å². The maximum Gasteiger partial charge on any atom is 0.180 e. The van der Waals surface area contributed by atoms with Crippen molar-refractivity contribution < 1.29 is 0 Å². The van der Waals surface area contributed by atoms with Gasteiger partial charge < -0.3 is 0 Å². The summed E-state index contributed by atoms with van der Waals surface area (Å²) in [5.41, 5.74) is -0.00754. The van der Waals surface area contributed by atoms with Gasteiger partial charge in [0.25, 0.3) is 0 Å². The first kappa shape index (κ1) is 20.5. The molecule has 0 spiro atoms. The highest BCUT2D eigenvalue weighted by Crippen LogP contribution is 2.39. The topological polar surface area (TPSA) is 28.0 Å². The predicted molar refractivity (Wildman–Crippen MR) is 103 cm³/mol. The third-order valence-corrected chi connectivity index (χ3v) is 17.7. The van der Waals surface area contributed by atoms with Crippen LogP contribution in [0.25, 0.3) is 0 Å². The van der Waals surface area contributed by atoms with Crippen molar-refractivity contribution in [3.05, 3.63) is 0 Å². The summed E-state index contributed by atoms with van der Waals surface area (Å²) in [6.07, 6.45) is 0. The van der Waals surface area contributed by atoms with Crippen LogP contribution in [0, 0.1) is 0 Å². The Morgan fingerprint density at radius 3 is 1.30 bits per heavy atom. The Morgan fingerprint density at radius 1 is 0.750 bits per heavy atom. The van der Waals surface area contributed by atoms with Gasteiger partial charge in [0.05, 0.1) is 5.54 Å². The molecule has 1 unspecified atom stereocenters. The lowest BCUT2D eigenvalue weighted by molar-refractivity contribution is 0.589. The average Bonchev–Trinajstić information content (AvgIpc) is 1.87. The highest BCUT2D eigenvalue weighted by molar-refractivity contribution is 7.43. The lowest BCUT2D eigenvalue weighted by Gasteiger charge is -2.41. The Morgan fingerprint density at radius 2 is 1.10 bits per heavy atom. The van der Waals surface area contributed by atoms with E-state index in [9.17, 15) is 0 Å². The van der Waals surface area contributed by atoms with Crippen molar-refractivity contribution in [2.75, 3.05) is 0 Å². The molecule has 0 fully saturated rings. The minimum Gasteiger partial charge on any atom is -0.284 e. The van der Waals surface area contributed by atoms with Gasteiger partial charge in [0.2, 0.25) is 0 Å². The van der Waals surface area contributed by atoms with Crippen molar-refractivity contribution in [2.24, 2.45) is 9.16 Å². The Balaban J connectivity index is 6.25. The monoisotopic (exact) mass is 349 g/mol. The van der Waals surface area contributed by atoms with Crippen LogP contribution in [-0.2, 0) is 0 Å². The fourth-order valence-electron chi connectivity index (χ4n) is 2.19.